The van der Waals surface area contributed by atoms with Crippen LogP contribution in [0.4, 0.5) is 0 Å². The van der Waals surface area contributed by atoms with Crippen molar-refractivity contribution in [3.8, 4) is 0 Å². The molecule has 70 valence electrons. The third-order valence-corrected chi connectivity index (χ3v) is 2.78. The van der Waals surface area contributed by atoms with Gasteiger partial charge in [0.15, 0.2) is 0 Å². The number of aryl methyl sites for hydroxylation is 1. The van der Waals surface area contributed by atoms with E-state index in [0.29, 0.717) is 6.54 Å². The molecule has 1 aliphatic carbocycles. The summed E-state index contributed by atoms with van der Waals surface area (Å²) < 4.78 is 0. The number of nitrogens with two attached hydrogens (primary N) is 1. The molecule has 0 spiro atoms. The van der Waals surface area contributed by atoms with Crippen LogP contribution < -0.4 is 5.73 Å². The minimum Gasteiger partial charge on any atom is -0.325 e. The zero-order chi connectivity index (χ0) is 9.26. The third-order valence-electron chi connectivity index (χ3n) is 2.78. The third kappa shape index (κ3) is 1.73. The molecule has 0 saturated heterocycles. The highest BCUT2D eigenvalue weighted by Crippen LogP contribution is 2.23. The van der Waals surface area contributed by atoms with Gasteiger partial charge in [0.05, 0.1) is 5.69 Å². The maximum absolute atomic E-state index is 5.55. The quantitative estimate of drug-likeness (QED) is 0.707. The number of aromatic nitrogens is 1. The minimum atomic E-state index is 0.558. The minimum absolute atomic E-state index is 0.558. The van der Waals surface area contributed by atoms with Crippen LogP contribution in [0.5, 0.6) is 0 Å². The Bertz CT molecular complexity index is 307. The van der Waals surface area contributed by atoms with Crippen LogP contribution in [0, 0.1) is 5.92 Å². The number of pyridine rings is 1. The fourth-order valence-electron chi connectivity index (χ4n) is 1.95. The SMILES string of the molecule is CC1CCc2nc(CN)ccc2C1. The Hall–Kier alpha value is -0.890. The highest BCUT2D eigenvalue weighted by Gasteiger charge is 2.15. The Morgan fingerprint density at radius 2 is 2.38 bits per heavy atom. The predicted octanol–water partition coefficient (Wildman–Crippen LogP) is 1.67. The van der Waals surface area contributed by atoms with Crippen LogP contribution in [0.25, 0.3) is 0 Å². The van der Waals surface area contributed by atoms with Gasteiger partial charge in [-0.15, -0.1) is 0 Å². The van der Waals surface area contributed by atoms with E-state index in [0.717, 1.165) is 18.0 Å². The zero-order valence-corrected chi connectivity index (χ0v) is 8.09. The van der Waals surface area contributed by atoms with Crippen molar-refractivity contribution >= 4 is 0 Å². The van der Waals surface area contributed by atoms with Crippen LogP contribution in [-0.4, -0.2) is 4.98 Å². The van der Waals surface area contributed by atoms with Gasteiger partial charge >= 0.3 is 0 Å². The molecule has 1 aromatic heterocycles. The van der Waals surface area contributed by atoms with Crippen LogP contribution >= 0.6 is 0 Å². The first-order valence-electron chi connectivity index (χ1n) is 4.97. The van der Waals surface area contributed by atoms with Crippen molar-refractivity contribution in [1.29, 1.82) is 0 Å². The molecule has 1 atom stereocenters. The first kappa shape index (κ1) is 8.70. The van der Waals surface area contributed by atoms with Crippen molar-refractivity contribution in [3.05, 3.63) is 29.1 Å². The van der Waals surface area contributed by atoms with Gasteiger partial charge < -0.3 is 5.73 Å². The van der Waals surface area contributed by atoms with E-state index in [1.807, 2.05) is 0 Å². The second-order valence-corrected chi connectivity index (χ2v) is 3.96. The van der Waals surface area contributed by atoms with Crippen molar-refractivity contribution in [2.75, 3.05) is 0 Å². The topological polar surface area (TPSA) is 38.9 Å². The van der Waals surface area contributed by atoms with E-state index in [1.165, 1.54) is 24.1 Å². The highest BCUT2D eigenvalue weighted by molar-refractivity contribution is 5.25. The van der Waals surface area contributed by atoms with Crippen LogP contribution in [0.3, 0.4) is 0 Å². The maximum Gasteiger partial charge on any atom is 0.0543 e. The van der Waals surface area contributed by atoms with Crippen LogP contribution in [0.2, 0.25) is 0 Å². The molecule has 2 rings (SSSR count). The summed E-state index contributed by atoms with van der Waals surface area (Å²) >= 11 is 0. The molecule has 0 saturated carbocycles. The normalized spacial score (nSPS) is 21.2. The molecule has 0 amide bonds. The van der Waals surface area contributed by atoms with Gasteiger partial charge in [-0.25, -0.2) is 0 Å². The van der Waals surface area contributed by atoms with Gasteiger partial charge in [-0.05, 0) is 36.8 Å². The van der Waals surface area contributed by atoms with E-state index in [2.05, 4.69) is 24.0 Å². The van der Waals surface area contributed by atoms with E-state index in [9.17, 15) is 0 Å². The van der Waals surface area contributed by atoms with Crippen LogP contribution in [0.15, 0.2) is 12.1 Å². The zero-order valence-electron chi connectivity index (χ0n) is 8.09. The Labute approximate surface area is 79.2 Å². The molecule has 1 aromatic rings. The molecule has 0 aliphatic heterocycles. The first-order chi connectivity index (χ1) is 6.29. The number of fused-ring (bicyclic) bond motifs is 1. The van der Waals surface area contributed by atoms with Crippen molar-refractivity contribution in [3.63, 3.8) is 0 Å². The highest BCUT2D eigenvalue weighted by atomic mass is 14.8. The summed E-state index contributed by atoms with van der Waals surface area (Å²) in [4.78, 5) is 4.54. The fourth-order valence-corrected chi connectivity index (χ4v) is 1.95. The van der Waals surface area contributed by atoms with Crippen molar-refractivity contribution in [1.82, 2.24) is 4.98 Å². The molecule has 0 aromatic carbocycles. The average molecular weight is 176 g/mol. The number of rotatable bonds is 1. The molecule has 1 aliphatic rings. The number of nitrogens with zero attached hydrogens (tertiary/aromatic N) is 1. The number of hydrogen-bond acceptors (Lipinski definition) is 2. The lowest BCUT2D eigenvalue weighted by Crippen LogP contribution is -2.14. The standard InChI is InChI=1S/C11H16N2/c1-8-2-5-11-9(6-8)3-4-10(7-12)13-11/h3-4,8H,2,5-7,12H2,1H3. The molecule has 1 unspecified atom stereocenters. The summed E-state index contributed by atoms with van der Waals surface area (Å²) in [5, 5.41) is 0. The summed E-state index contributed by atoms with van der Waals surface area (Å²) in [5.74, 6) is 0.818. The molecule has 0 bridgehead atoms. The second-order valence-electron chi connectivity index (χ2n) is 3.96. The molecule has 13 heavy (non-hydrogen) atoms. The maximum atomic E-state index is 5.55. The molecule has 2 N–H and O–H groups in total. The average Bonchev–Trinajstić information content (AvgIpc) is 2.17. The van der Waals surface area contributed by atoms with Crippen LogP contribution in [-0.2, 0) is 19.4 Å². The monoisotopic (exact) mass is 176 g/mol. The lowest BCUT2D eigenvalue weighted by molar-refractivity contribution is 0.493. The molecule has 2 nitrogen and oxygen atoms in total. The first-order valence-corrected chi connectivity index (χ1v) is 4.97. The van der Waals surface area contributed by atoms with E-state index >= 15 is 0 Å². The summed E-state index contributed by atoms with van der Waals surface area (Å²) in [6.45, 7) is 2.86. The molecule has 1 heterocycles. The molecular weight excluding hydrogens is 160 g/mol. The Kier molecular flexibility index (Phi) is 2.32. The van der Waals surface area contributed by atoms with Gasteiger partial charge in [0.2, 0.25) is 0 Å². The van der Waals surface area contributed by atoms with E-state index in [1.54, 1.807) is 0 Å². The summed E-state index contributed by atoms with van der Waals surface area (Å²) in [7, 11) is 0. The van der Waals surface area contributed by atoms with Crippen molar-refractivity contribution in [2.24, 2.45) is 11.7 Å². The summed E-state index contributed by atoms with van der Waals surface area (Å²) in [5.41, 5.74) is 9.27. The van der Waals surface area contributed by atoms with E-state index in [4.69, 9.17) is 5.73 Å². The Morgan fingerprint density at radius 1 is 1.54 bits per heavy atom. The van der Waals surface area contributed by atoms with Gasteiger partial charge in [0.1, 0.15) is 0 Å². The second kappa shape index (κ2) is 3.46. The summed E-state index contributed by atoms with van der Waals surface area (Å²) in [6, 6.07) is 4.25. The van der Waals surface area contributed by atoms with Gasteiger partial charge in [0.25, 0.3) is 0 Å². The van der Waals surface area contributed by atoms with Gasteiger partial charge in [-0.1, -0.05) is 13.0 Å². The largest absolute Gasteiger partial charge is 0.325 e. The fraction of sp³-hybridized carbons (Fsp3) is 0.545. The molecule has 0 fully saturated rings. The molecular formula is C11H16N2. The van der Waals surface area contributed by atoms with Gasteiger partial charge in [-0.3, -0.25) is 4.98 Å². The lowest BCUT2D eigenvalue weighted by Gasteiger charge is -2.20. The van der Waals surface area contributed by atoms with Crippen LogP contribution in [0.1, 0.15) is 30.3 Å². The molecule has 0 radical (unpaired) electrons. The van der Waals surface area contributed by atoms with Crippen molar-refractivity contribution in [2.45, 2.75) is 32.7 Å². The molecule has 2 heteroatoms. The predicted molar refractivity (Wildman–Crippen MR) is 53.3 cm³/mol. The number of hydrogen-bond donors (Lipinski definition) is 1. The van der Waals surface area contributed by atoms with Gasteiger partial charge in [0, 0.05) is 12.2 Å². The summed E-state index contributed by atoms with van der Waals surface area (Å²) in [6.07, 6.45) is 3.59. The van der Waals surface area contributed by atoms with Crippen molar-refractivity contribution < 1.29 is 0 Å². The Balaban J connectivity index is 2.31. The lowest BCUT2D eigenvalue weighted by atomic mass is 9.88. The smallest absolute Gasteiger partial charge is 0.0543 e. The van der Waals surface area contributed by atoms with E-state index < -0.39 is 0 Å². The van der Waals surface area contributed by atoms with Gasteiger partial charge in [-0.2, -0.15) is 0 Å². The van der Waals surface area contributed by atoms with E-state index in [-0.39, 0.29) is 0 Å². The Morgan fingerprint density at radius 3 is 3.15 bits per heavy atom.